The first-order chi connectivity index (χ1) is 6.56. The van der Waals surface area contributed by atoms with Crippen molar-refractivity contribution < 1.29 is 15.0 Å². The lowest BCUT2D eigenvalue weighted by Crippen LogP contribution is -2.33. The van der Waals surface area contributed by atoms with E-state index in [4.69, 9.17) is 5.11 Å². The summed E-state index contributed by atoms with van der Waals surface area (Å²) in [6, 6.07) is 1.89. The Bertz CT molecular complexity index is 370. The Labute approximate surface area is 93.5 Å². The molecule has 0 aromatic carbocycles. The number of hydrogen-bond acceptors (Lipinski definition) is 3. The van der Waals surface area contributed by atoms with Gasteiger partial charge in [0, 0.05) is 20.1 Å². The topological polar surface area (TPSA) is 57.5 Å². The zero-order chi connectivity index (χ0) is 10.3. The molecule has 1 fully saturated rings. The fraction of sp³-hybridized carbons (Fsp3) is 0.444. The van der Waals surface area contributed by atoms with Gasteiger partial charge in [0.2, 0.25) is 0 Å². The standard InChI is InChI=1S/C9H9BrO3S/c10-5-3-6(14-4-5)9(1-2-9)7(11)8(12)13/h3-4,7,11H,1-2H2,(H,12,13). The van der Waals surface area contributed by atoms with Crippen molar-refractivity contribution in [2.45, 2.75) is 24.4 Å². The highest BCUT2D eigenvalue weighted by molar-refractivity contribution is 9.10. The maximum atomic E-state index is 10.7. The van der Waals surface area contributed by atoms with Crippen molar-refractivity contribution in [1.29, 1.82) is 0 Å². The van der Waals surface area contributed by atoms with Crippen LogP contribution in [0, 0.1) is 0 Å². The van der Waals surface area contributed by atoms with Crippen molar-refractivity contribution in [2.75, 3.05) is 0 Å². The molecule has 1 aromatic rings. The van der Waals surface area contributed by atoms with Gasteiger partial charge in [-0.2, -0.15) is 0 Å². The van der Waals surface area contributed by atoms with Crippen molar-refractivity contribution in [1.82, 2.24) is 0 Å². The van der Waals surface area contributed by atoms with E-state index in [0.717, 1.165) is 22.2 Å². The van der Waals surface area contributed by atoms with Crippen molar-refractivity contribution >= 4 is 33.2 Å². The first kappa shape index (κ1) is 10.1. The highest BCUT2D eigenvalue weighted by Crippen LogP contribution is 2.53. The molecular weight excluding hydrogens is 268 g/mol. The van der Waals surface area contributed by atoms with E-state index >= 15 is 0 Å². The first-order valence-corrected chi connectivity index (χ1v) is 5.89. The van der Waals surface area contributed by atoms with Gasteiger partial charge in [-0.3, -0.25) is 0 Å². The van der Waals surface area contributed by atoms with Gasteiger partial charge < -0.3 is 10.2 Å². The lowest BCUT2D eigenvalue weighted by Gasteiger charge is -2.16. The van der Waals surface area contributed by atoms with E-state index in [-0.39, 0.29) is 0 Å². The molecule has 0 spiro atoms. The zero-order valence-corrected chi connectivity index (χ0v) is 9.64. The quantitative estimate of drug-likeness (QED) is 0.888. The van der Waals surface area contributed by atoms with Crippen LogP contribution in [0.25, 0.3) is 0 Å². The van der Waals surface area contributed by atoms with Gasteiger partial charge in [0.05, 0.1) is 0 Å². The molecule has 1 aliphatic carbocycles. The molecule has 3 nitrogen and oxygen atoms in total. The number of carbonyl (C=O) groups is 1. The Hall–Kier alpha value is -0.390. The van der Waals surface area contributed by atoms with E-state index in [1.54, 1.807) is 0 Å². The number of rotatable bonds is 3. The van der Waals surface area contributed by atoms with E-state index < -0.39 is 17.5 Å². The average Bonchev–Trinajstić information content (AvgIpc) is 2.83. The van der Waals surface area contributed by atoms with Crippen LogP contribution in [0.15, 0.2) is 15.9 Å². The third-order valence-corrected chi connectivity index (χ3v) is 4.52. The van der Waals surface area contributed by atoms with Crippen molar-refractivity contribution in [2.24, 2.45) is 0 Å². The summed E-state index contributed by atoms with van der Waals surface area (Å²) in [5.41, 5.74) is -0.511. The third-order valence-electron chi connectivity index (χ3n) is 2.60. The third kappa shape index (κ3) is 1.49. The van der Waals surface area contributed by atoms with Crippen LogP contribution in [-0.4, -0.2) is 22.3 Å². The highest BCUT2D eigenvalue weighted by Gasteiger charge is 2.54. The van der Waals surface area contributed by atoms with E-state index in [1.807, 2.05) is 11.4 Å². The van der Waals surface area contributed by atoms with Crippen LogP contribution in [0.4, 0.5) is 0 Å². The van der Waals surface area contributed by atoms with Crippen LogP contribution in [0.3, 0.4) is 0 Å². The second kappa shape index (κ2) is 3.32. The molecule has 0 aliphatic heterocycles. The summed E-state index contributed by atoms with van der Waals surface area (Å²) in [4.78, 5) is 11.7. The van der Waals surface area contributed by atoms with Crippen LogP contribution in [0.1, 0.15) is 17.7 Å². The molecule has 5 heteroatoms. The Kier molecular flexibility index (Phi) is 2.41. The van der Waals surface area contributed by atoms with E-state index in [9.17, 15) is 9.90 Å². The van der Waals surface area contributed by atoms with E-state index in [2.05, 4.69) is 15.9 Å². The molecule has 1 aliphatic rings. The fourth-order valence-corrected chi connectivity index (χ4v) is 3.31. The minimum Gasteiger partial charge on any atom is -0.479 e. The second-order valence-electron chi connectivity index (χ2n) is 3.53. The molecule has 0 bridgehead atoms. The average molecular weight is 277 g/mol. The Morgan fingerprint density at radius 2 is 2.29 bits per heavy atom. The number of aliphatic hydroxyl groups is 1. The molecule has 1 heterocycles. The van der Waals surface area contributed by atoms with Crippen molar-refractivity contribution in [3.8, 4) is 0 Å². The Balaban J connectivity index is 2.29. The van der Waals surface area contributed by atoms with Gasteiger partial charge in [0.15, 0.2) is 6.10 Å². The van der Waals surface area contributed by atoms with Gasteiger partial charge >= 0.3 is 5.97 Å². The number of aliphatic hydroxyl groups excluding tert-OH is 1. The van der Waals surface area contributed by atoms with Gasteiger partial charge in [0.25, 0.3) is 0 Å². The fourth-order valence-electron chi connectivity index (χ4n) is 1.60. The number of hydrogen-bond donors (Lipinski definition) is 2. The number of thiophene rings is 1. The molecule has 14 heavy (non-hydrogen) atoms. The van der Waals surface area contributed by atoms with Gasteiger partial charge in [-0.25, -0.2) is 4.79 Å². The monoisotopic (exact) mass is 276 g/mol. The maximum Gasteiger partial charge on any atom is 0.333 e. The summed E-state index contributed by atoms with van der Waals surface area (Å²) < 4.78 is 0.946. The van der Waals surface area contributed by atoms with Crippen LogP contribution in [0.2, 0.25) is 0 Å². The molecule has 2 N–H and O–H groups in total. The molecule has 1 atom stereocenters. The minimum atomic E-state index is -1.27. The Morgan fingerprint density at radius 3 is 2.64 bits per heavy atom. The number of carboxylic acids is 1. The normalized spacial score (nSPS) is 20.4. The SMILES string of the molecule is O=C(O)C(O)C1(c2cc(Br)cs2)CC1. The molecule has 1 unspecified atom stereocenters. The number of carboxylic acid groups (broad SMARTS) is 1. The molecule has 2 rings (SSSR count). The van der Waals surface area contributed by atoms with Gasteiger partial charge in [-0.05, 0) is 34.8 Å². The van der Waals surface area contributed by atoms with E-state index in [0.29, 0.717) is 0 Å². The summed E-state index contributed by atoms with van der Waals surface area (Å²) in [6.45, 7) is 0. The molecule has 0 amide bonds. The number of aliphatic carboxylic acids is 1. The summed E-state index contributed by atoms with van der Waals surface area (Å²) in [7, 11) is 0. The molecule has 76 valence electrons. The summed E-state index contributed by atoms with van der Waals surface area (Å²) >= 11 is 4.81. The minimum absolute atomic E-state index is 0.511. The maximum absolute atomic E-state index is 10.7. The number of halogens is 1. The van der Waals surface area contributed by atoms with Crippen molar-refractivity contribution in [3.63, 3.8) is 0 Å². The van der Waals surface area contributed by atoms with E-state index in [1.165, 1.54) is 11.3 Å². The molecule has 0 saturated heterocycles. The largest absolute Gasteiger partial charge is 0.479 e. The first-order valence-electron chi connectivity index (χ1n) is 4.22. The van der Waals surface area contributed by atoms with Gasteiger partial charge in [-0.1, -0.05) is 0 Å². The summed E-state index contributed by atoms with van der Waals surface area (Å²) in [5, 5.41) is 20.2. The molecule has 1 saturated carbocycles. The van der Waals surface area contributed by atoms with Gasteiger partial charge in [0.1, 0.15) is 0 Å². The molecular formula is C9H9BrO3S. The van der Waals surface area contributed by atoms with Crippen molar-refractivity contribution in [3.05, 3.63) is 20.8 Å². The van der Waals surface area contributed by atoms with Crippen LogP contribution < -0.4 is 0 Å². The van der Waals surface area contributed by atoms with Crippen LogP contribution in [-0.2, 0) is 10.2 Å². The van der Waals surface area contributed by atoms with Crippen LogP contribution >= 0.6 is 27.3 Å². The molecule has 0 radical (unpaired) electrons. The lowest BCUT2D eigenvalue weighted by molar-refractivity contribution is -0.148. The smallest absolute Gasteiger partial charge is 0.333 e. The zero-order valence-electron chi connectivity index (χ0n) is 7.24. The Morgan fingerprint density at radius 1 is 1.64 bits per heavy atom. The second-order valence-corrected chi connectivity index (χ2v) is 5.35. The van der Waals surface area contributed by atoms with Crippen LogP contribution in [0.5, 0.6) is 0 Å². The molecule has 1 aromatic heterocycles. The predicted molar refractivity (Wildman–Crippen MR) is 56.6 cm³/mol. The lowest BCUT2D eigenvalue weighted by atomic mass is 9.97. The van der Waals surface area contributed by atoms with Gasteiger partial charge in [-0.15, -0.1) is 11.3 Å². The predicted octanol–water partition coefficient (Wildman–Crippen LogP) is 1.99. The summed E-state index contributed by atoms with van der Waals surface area (Å²) in [5.74, 6) is -1.13. The highest BCUT2D eigenvalue weighted by atomic mass is 79.9. The summed E-state index contributed by atoms with van der Waals surface area (Å²) in [6.07, 6.45) is 0.244.